The molecule has 2 aromatic heterocycles. The standard InChI is InChI=1S/C14H20N2/c1-9(2)13-11-8-15-7-6-12(11)16(5)14(13)10(3)4/h6-10H,1-5H3. The number of hydrogen-bond donors (Lipinski definition) is 0. The minimum Gasteiger partial charge on any atom is -0.347 e. The lowest BCUT2D eigenvalue weighted by Gasteiger charge is -2.13. The van der Waals surface area contributed by atoms with E-state index in [0.29, 0.717) is 11.8 Å². The summed E-state index contributed by atoms with van der Waals surface area (Å²) in [4.78, 5) is 4.26. The van der Waals surface area contributed by atoms with Gasteiger partial charge in [-0.25, -0.2) is 0 Å². The van der Waals surface area contributed by atoms with Crippen molar-refractivity contribution in [3.63, 3.8) is 0 Å². The van der Waals surface area contributed by atoms with Crippen LogP contribution in [0.5, 0.6) is 0 Å². The highest BCUT2D eigenvalue weighted by molar-refractivity contribution is 5.85. The Balaban J connectivity index is 2.86. The van der Waals surface area contributed by atoms with Gasteiger partial charge in [-0.15, -0.1) is 0 Å². The molecule has 2 heteroatoms. The summed E-state index contributed by atoms with van der Waals surface area (Å²) in [6, 6.07) is 2.10. The normalized spacial score (nSPS) is 11.9. The second kappa shape index (κ2) is 3.93. The fourth-order valence-corrected chi connectivity index (χ4v) is 2.64. The molecule has 16 heavy (non-hydrogen) atoms. The first-order valence-corrected chi connectivity index (χ1v) is 5.96. The van der Waals surface area contributed by atoms with Crippen LogP contribution < -0.4 is 0 Å². The number of rotatable bonds is 2. The molecule has 0 aliphatic rings. The monoisotopic (exact) mass is 216 g/mol. The average molecular weight is 216 g/mol. The number of aryl methyl sites for hydroxylation is 1. The zero-order valence-electron chi connectivity index (χ0n) is 10.8. The first kappa shape index (κ1) is 11.2. The van der Waals surface area contributed by atoms with Crippen molar-refractivity contribution in [2.45, 2.75) is 39.5 Å². The van der Waals surface area contributed by atoms with E-state index in [4.69, 9.17) is 0 Å². The maximum Gasteiger partial charge on any atom is 0.0514 e. The average Bonchev–Trinajstić information content (AvgIpc) is 2.53. The molecular weight excluding hydrogens is 196 g/mol. The van der Waals surface area contributed by atoms with Crippen LogP contribution in [0.15, 0.2) is 18.5 Å². The van der Waals surface area contributed by atoms with Crippen LogP contribution in [-0.2, 0) is 7.05 Å². The van der Waals surface area contributed by atoms with Gasteiger partial charge in [0.15, 0.2) is 0 Å². The van der Waals surface area contributed by atoms with Crippen molar-refractivity contribution in [1.29, 1.82) is 0 Å². The third-order valence-electron chi connectivity index (χ3n) is 3.21. The van der Waals surface area contributed by atoms with E-state index in [1.165, 1.54) is 22.2 Å². The Bertz CT molecular complexity index is 507. The molecule has 2 aromatic rings. The highest BCUT2D eigenvalue weighted by Crippen LogP contribution is 2.34. The lowest BCUT2D eigenvalue weighted by molar-refractivity contribution is 0.720. The fraction of sp³-hybridized carbons (Fsp3) is 0.500. The molecule has 2 nitrogen and oxygen atoms in total. The summed E-state index contributed by atoms with van der Waals surface area (Å²) in [5.74, 6) is 1.10. The predicted octanol–water partition coefficient (Wildman–Crippen LogP) is 3.82. The van der Waals surface area contributed by atoms with Gasteiger partial charge < -0.3 is 4.57 Å². The number of fused-ring (bicyclic) bond motifs is 1. The van der Waals surface area contributed by atoms with Gasteiger partial charge >= 0.3 is 0 Å². The first-order valence-electron chi connectivity index (χ1n) is 5.96. The van der Waals surface area contributed by atoms with Crippen molar-refractivity contribution < 1.29 is 0 Å². The van der Waals surface area contributed by atoms with Crippen LogP contribution in [0, 0.1) is 0 Å². The molecule has 0 bridgehead atoms. The Hall–Kier alpha value is -1.31. The van der Waals surface area contributed by atoms with Crippen molar-refractivity contribution in [2.75, 3.05) is 0 Å². The highest BCUT2D eigenvalue weighted by Gasteiger charge is 2.19. The van der Waals surface area contributed by atoms with E-state index in [-0.39, 0.29) is 0 Å². The van der Waals surface area contributed by atoms with Gasteiger partial charge in [0, 0.05) is 30.5 Å². The summed E-state index contributed by atoms with van der Waals surface area (Å²) in [7, 11) is 2.16. The Morgan fingerprint density at radius 2 is 1.81 bits per heavy atom. The van der Waals surface area contributed by atoms with Gasteiger partial charge in [-0.1, -0.05) is 27.7 Å². The second-order valence-corrected chi connectivity index (χ2v) is 5.06. The Kier molecular flexibility index (Phi) is 2.75. The molecule has 0 saturated carbocycles. The molecule has 0 aliphatic carbocycles. The molecule has 0 atom stereocenters. The lowest BCUT2D eigenvalue weighted by atomic mass is 9.95. The topological polar surface area (TPSA) is 17.8 Å². The van der Waals surface area contributed by atoms with Crippen molar-refractivity contribution >= 4 is 10.9 Å². The molecule has 0 N–H and O–H groups in total. The minimum atomic E-state index is 0.547. The number of aromatic nitrogens is 2. The number of pyridine rings is 1. The molecule has 86 valence electrons. The van der Waals surface area contributed by atoms with Crippen molar-refractivity contribution in [3.05, 3.63) is 29.7 Å². The summed E-state index contributed by atoms with van der Waals surface area (Å²) in [6.07, 6.45) is 3.87. The summed E-state index contributed by atoms with van der Waals surface area (Å²) in [5.41, 5.74) is 4.20. The van der Waals surface area contributed by atoms with Crippen LogP contribution >= 0.6 is 0 Å². The molecule has 0 aromatic carbocycles. The van der Waals surface area contributed by atoms with E-state index in [9.17, 15) is 0 Å². The maximum absolute atomic E-state index is 4.26. The van der Waals surface area contributed by atoms with Gasteiger partial charge in [0.25, 0.3) is 0 Å². The smallest absolute Gasteiger partial charge is 0.0514 e. The summed E-state index contributed by atoms with van der Waals surface area (Å²) >= 11 is 0. The fourth-order valence-electron chi connectivity index (χ4n) is 2.64. The van der Waals surface area contributed by atoms with Crippen LogP contribution in [0.3, 0.4) is 0 Å². The molecule has 2 heterocycles. The molecule has 0 spiro atoms. The summed E-state index contributed by atoms with van der Waals surface area (Å²) in [6.45, 7) is 9.03. The zero-order chi connectivity index (χ0) is 11.9. The highest BCUT2D eigenvalue weighted by atomic mass is 15.0. The number of hydrogen-bond acceptors (Lipinski definition) is 1. The van der Waals surface area contributed by atoms with E-state index in [2.05, 4.69) is 50.4 Å². The first-order chi connectivity index (χ1) is 7.54. The van der Waals surface area contributed by atoms with E-state index in [0.717, 1.165) is 0 Å². The van der Waals surface area contributed by atoms with Crippen molar-refractivity contribution in [3.8, 4) is 0 Å². The third-order valence-corrected chi connectivity index (χ3v) is 3.21. The molecule has 0 saturated heterocycles. The SMILES string of the molecule is CC(C)c1c(C(C)C)n(C)c2ccncc12. The number of nitrogens with zero attached hydrogens (tertiary/aromatic N) is 2. The molecule has 2 rings (SSSR count). The molecular formula is C14H20N2. The zero-order valence-corrected chi connectivity index (χ0v) is 10.8. The molecule has 0 unspecified atom stereocenters. The van der Waals surface area contributed by atoms with Gasteiger partial charge in [-0.2, -0.15) is 0 Å². The molecule has 0 aliphatic heterocycles. The van der Waals surface area contributed by atoms with Crippen molar-refractivity contribution in [1.82, 2.24) is 9.55 Å². The second-order valence-electron chi connectivity index (χ2n) is 5.06. The minimum absolute atomic E-state index is 0.547. The van der Waals surface area contributed by atoms with Crippen LogP contribution in [0.1, 0.15) is 50.8 Å². The van der Waals surface area contributed by atoms with Crippen LogP contribution in [0.4, 0.5) is 0 Å². The Morgan fingerprint density at radius 1 is 1.12 bits per heavy atom. The molecule has 0 radical (unpaired) electrons. The van der Waals surface area contributed by atoms with Crippen LogP contribution in [0.25, 0.3) is 10.9 Å². The van der Waals surface area contributed by atoms with E-state index >= 15 is 0 Å². The van der Waals surface area contributed by atoms with E-state index in [1.54, 1.807) is 0 Å². The lowest BCUT2D eigenvalue weighted by Crippen LogP contribution is -2.02. The quantitative estimate of drug-likeness (QED) is 0.746. The predicted molar refractivity (Wildman–Crippen MR) is 68.9 cm³/mol. The van der Waals surface area contributed by atoms with Gasteiger partial charge in [-0.05, 0) is 23.5 Å². The summed E-state index contributed by atoms with van der Waals surface area (Å²) < 4.78 is 2.32. The van der Waals surface area contributed by atoms with E-state index < -0.39 is 0 Å². The van der Waals surface area contributed by atoms with E-state index in [1.807, 2.05) is 12.4 Å². The molecule has 0 fully saturated rings. The largest absolute Gasteiger partial charge is 0.347 e. The maximum atomic E-state index is 4.26. The van der Waals surface area contributed by atoms with Gasteiger partial charge in [0.2, 0.25) is 0 Å². The Morgan fingerprint density at radius 3 is 2.38 bits per heavy atom. The summed E-state index contributed by atoms with van der Waals surface area (Å²) in [5, 5.41) is 1.31. The van der Waals surface area contributed by atoms with Crippen LogP contribution in [-0.4, -0.2) is 9.55 Å². The third kappa shape index (κ3) is 1.53. The van der Waals surface area contributed by atoms with Crippen LogP contribution in [0.2, 0.25) is 0 Å². The van der Waals surface area contributed by atoms with Gasteiger partial charge in [0.05, 0.1) is 5.52 Å². The molecule has 0 amide bonds. The van der Waals surface area contributed by atoms with Gasteiger partial charge in [-0.3, -0.25) is 4.98 Å². The van der Waals surface area contributed by atoms with Crippen molar-refractivity contribution in [2.24, 2.45) is 7.05 Å². The Labute approximate surface area is 97.3 Å². The van der Waals surface area contributed by atoms with Gasteiger partial charge in [0.1, 0.15) is 0 Å².